The van der Waals surface area contributed by atoms with E-state index in [1.165, 1.54) is 6.92 Å². The number of thioether (sulfide) groups is 1. The Bertz CT molecular complexity index is 711. The summed E-state index contributed by atoms with van der Waals surface area (Å²) in [6.07, 6.45) is 2.67. The molecule has 0 bridgehead atoms. The van der Waals surface area contributed by atoms with Crippen LogP contribution >= 0.6 is 11.8 Å². The first-order valence-corrected chi connectivity index (χ1v) is 12.9. The van der Waals surface area contributed by atoms with E-state index in [9.17, 15) is 29.4 Å². The molecule has 2 unspecified atom stereocenters. The van der Waals surface area contributed by atoms with Gasteiger partial charge in [0.05, 0.1) is 24.7 Å². The smallest absolute Gasteiger partial charge is 0.315 e. The predicted octanol–water partition coefficient (Wildman–Crippen LogP) is -1.74. The number of fused-ring (bicyclic) bond motifs is 1. The molecule has 2 rings (SSSR count). The molecule has 34 heavy (non-hydrogen) atoms. The van der Waals surface area contributed by atoms with Gasteiger partial charge in [-0.25, -0.2) is 4.79 Å². The molecule has 194 valence electrons. The third-order valence-corrected chi connectivity index (χ3v) is 7.46. The van der Waals surface area contributed by atoms with E-state index >= 15 is 0 Å². The van der Waals surface area contributed by atoms with Crippen molar-refractivity contribution in [3.05, 3.63) is 0 Å². The van der Waals surface area contributed by atoms with Crippen molar-refractivity contribution in [1.29, 1.82) is 0 Å². The molecule has 2 saturated heterocycles. The van der Waals surface area contributed by atoms with Crippen LogP contribution in [0.25, 0.3) is 0 Å². The van der Waals surface area contributed by atoms with Crippen molar-refractivity contribution in [2.45, 2.75) is 87.6 Å². The van der Waals surface area contributed by atoms with Crippen LogP contribution in [0.5, 0.6) is 0 Å². The lowest BCUT2D eigenvalue weighted by Crippen LogP contribution is -2.52. The molecule has 2 heterocycles. The Kier molecular flexibility index (Phi) is 11.9. The van der Waals surface area contributed by atoms with Crippen LogP contribution in [-0.2, 0) is 14.4 Å². The van der Waals surface area contributed by atoms with Crippen molar-refractivity contribution in [2.75, 3.05) is 18.8 Å². The van der Waals surface area contributed by atoms with Crippen molar-refractivity contribution in [3.63, 3.8) is 0 Å². The molecule has 13 heteroatoms. The highest BCUT2D eigenvalue weighted by Crippen LogP contribution is 2.33. The first-order valence-electron chi connectivity index (χ1n) is 11.8. The Labute approximate surface area is 203 Å². The molecule has 0 saturated carbocycles. The predicted molar refractivity (Wildman–Crippen MR) is 128 cm³/mol. The van der Waals surface area contributed by atoms with E-state index in [0.29, 0.717) is 37.5 Å². The number of amides is 5. The summed E-state index contributed by atoms with van der Waals surface area (Å²) in [7, 11) is 0. The van der Waals surface area contributed by atoms with E-state index in [1.807, 2.05) is 11.8 Å². The Morgan fingerprint density at radius 2 is 1.88 bits per heavy atom. The van der Waals surface area contributed by atoms with Gasteiger partial charge in [-0.2, -0.15) is 11.8 Å². The maximum absolute atomic E-state index is 12.2. The van der Waals surface area contributed by atoms with Crippen LogP contribution < -0.4 is 32.3 Å². The summed E-state index contributed by atoms with van der Waals surface area (Å²) in [6.45, 7) is 1.70. The summed E-state index contributed by atoms with van der Waals surface area (Å²) >= 11 is 1.83. The molecule has 12 nitrogen and oxygen atoms in total. The Hall–Kier alpha value is -2.09. The van der Waals surface area contributed by atoms with Gasteiger partial charge in [0.2, 0.25) is 17.7 Å². The van der Waals surface area contributed by atoms with Gasteiger partial charge in [0.15, 0.2) is 6.29 Å². The Balaban J connectivity index is 1.58. The number of hydrogen-bond donors (Lipinski definition) is 8. The molecule has 5 amide bonds. The standard InChI is InChI=1S/C21H38N6O6S/c1-12(19(30)25-13(20(31)32)6-4-5-9-22)24-17(29)10-23-16(28)8-3-2-7-15-18-14(11-34-15)26-21(33)27-18/h12-15,18,20,31-32H,2-11,22H2,1H3,(H,23,28)(H,24,29)(H,25,30)(H2,26,27,33)/t12?,13?,14-,15-,18-/m0/s1. The second-order valence-corrected chi connectivity index (χ2v) is 10.0. The highest BCUT2D eigenvalue weighted by molar-refractivity contribution is 8.00. The van der Waals surface area contributed by atoms with Crippen LogP contribution in [0.15, 0.2) is 0 Å². The van der Waals surface area contributed by atoms with Gasteiger partial charge in [-0.15, -0.1) is 0 Å². The molecule has 0 aromatic heterocycles. The number of rotatable bonds is 15. The number of nitrogens with two attached hydrogens (primary N) is 1. The van der Waals surface area contributed by atoms with Crippen molar-refractivity contribution in [1.82, 2.24) is 26.6 Å². The van der Waals surface area contributed by atoms with Crippen LogP contribution in [-0.4, -0.2) is 88.5 Å². The summed E-state index contributed by atoms with van der Waals surface area (Å²) in [5.74, 6) is -0.414. The lowest BCUT2D eigenvalue weighted by molar-refractivity contribution is -0.132. The number of aliphatic hydroxyl groups excluding tert-OH is 1. The van der Waals surface area contributed by atoms with Gasteiger partial charge in [0, 0.05) is 17.4 Å². The lowest BCUT2D eigenvalue weighted by Gasteiger charge is -2.23. The second kappa shape index (κ2) is 14.3. The number of aliphatic hydroxyl groups is 2. The zero-order valence-corrected chi connectivity index (χ0v) is 20.4. The first kappa shape index (κ1) is 28.1. The summed E-state index contributed by atoms with van der Waals surface area (Å²) in [4.78, 5) is 47.8. The largest absolute Gasteiger partial charge is 0.366 e. The van der Waals surface area contributed by atoms with Gasteiger partial charge in [-0.05, 0) is 45.6 Å². The third kappa shape index (κ3) is 9.28. The molecular formula is C21H38N6O6S. The molecular weight excluding hydrogens is 464 g/mol. The maximum atomic E-state index is 12.2. The highest BCUT2D eigenvalue weighted by atomic mass is 32.2. The summed E-state index contributed by atoms with van der Waals surface area (Å²) in [5.41, 5.74) is 5.42. The number of nitrogens with one attached hydrogen (secondary N) is 5. The summed E-state index contributed by atoms with van der Waals surface area (Å²) in [5, 5.41) is 32.6. The van der Waals surface area contributed by atoms with Crippen LogP contribution in [0.1, 0.15) is 51.9 Å². The van der Waals surface area contributed by atoms with Crippen molar-refractivity contribution in [3.8, 4) is 0 Å². The van der Waals surface area contributed by atoms with Crippen molar-refractivity contribution in [2.24, 2.45) is 5.73 Å². The maximum Gasteiger partial charge on any atom is 0.315 e. The molecule has 2 aliphatic rings. The normalized spacial score (nSPS) is 23.0. The van der Waals surface area contributed by atoms with Gasteiger partial charge >= 0.3 is 6.03 Å². The van der Waals surface area contributed by atoms with Gasteiger partial charge in [-0.3, -0.25) is 14.4 Å². The second-order valence-electron chi connectivity index (χ2n) is 8.75. The topological polar surface area (TPSA) is 195 Å². The van der Waals surface area contributed by atoms with Crippen molar-refractivity contribution >= 4 is 35.5 Å². The monoisotopic (exact) mass is 502 g/mol. The molecule has 0 aromatic carbocycles. The fraction of sp³-hybridized carbons (Fsp3) is 0.810. The average molecular weight is 503 g/mol. The molecule has 5 atom stereocenters. The van der Waals surface area contributed by atoms with Gasteiger partial charge in [0.1, 0.15) is 6.04 Å². The Morgan fingerprint density at radius 1 is 1.12 bits per heavy atom. The number of urea groups is 1. The zero-order valence-electron chi connectivity index (χ0n) is 19.5. The van der Waals surface area contributed by atoms with E-state index in [0.717, 1.165) is 18.6 Å². The average Bonchev–Trinajstić information content (AvgIpc) is 3.33. The SMILES string of the molecule is CC(NC(=O)CNC(=O)CCCC[C@@H]1SC[C@@H]2NC(=O)N[C@@H]21)C(=O)NC(CCCCN)C(O)O. The summed E-state index contributed by atoms with van der Waals surface area (Å²) < 4.78 is 0. The van der Waals surface area contributed by atoms with Gasteiger partial charge in [0.25, 0.3) is 0 Å². The lowest BCUT2D eigenvalue weighted by atomic mass is 10.0. The highest BCUT2D eigenvalue weighted by Gasteiger charge is 2.42. The van der Waals surface area contributed by atoms with Crippen LogP contribution in [0.4, 0.5) is 4.79 Å². The van der Waals surface area contributed by atoms with E-state index in [2.05, 4.69) is 26.6 Å². The number of hydrogen-bond acceptors (Lipinski definition) is 8. The van der Waals surface area contributed by atoms with E-state index in [4.69, 9.17) is 5.73 Å². The molecule has 2 aliphatic heterocycles. The zero-order chi connectivity index (χ0) is 25.1. The minimum absolute atomic E-state index is 0.113. The van der Waals surface area contributed by atoms with Crippen LogP contribution in [0.2, 0.25) is 0 Å². The van der Waals surface area contributed by atoms with Crippen LogP contribution in [0, 0.1) is 0 Å². The summed E-state index contributed by atoms with van der Waals surface area (Å²) in [6, 6.07) is -1.54. The first-order chi connectivity index (χ1) is 16.2. The molecule has 0 spiro atoms. The quantitative estimate of drug-likeness (QED) is 0.0733. The minimum atomic E-state index is -1.72. The number of unbranched alkanes of at least 4 members (excludes halogenated alkanes) is 2. The van der Waals surface area contributed by atoms with E-state index in [1.54, 1.807) is 0 Å². The Morgan fingerprint density at radius 3 is 2.59 bits per heavy atom. The molecule has 0 aromatic rings. The minimum Gasteiger partial charge on any atom is -0.366 e. The third-order valence-electron chi connectivity index (χ3n) is 5.95. The molecule has 2 fully saturated rings. The fourth-order valence-corrected chi connectivity index (χ4v) is 5.56. The number of carbonyl (C=O) groups excluding carboxylic acids is 4. The fourth-order valence-electron chi connectivity index (χ4n) is 4.01. The molecule has 0 radical (unpaired) electrons. The van der Waals surface area contributed by atoms with Crippen LogP contribution in [0.3, 0.4) is 0 Å². The van der Waals surface area contributed by atoms with E-state index in [-0.39, 0.29) is 37.0 Å². The molecule has 0 aliphatic carbocycles. The van der Waals surface area contributed by atoms with Crippen molar-refractivity contribution < 1.29 is 29.4 Å². The van der Waals surface area contributed by atoms with Gasteiger partial charge in [-0.1, -0.05) is 6.42 Å². The van der Waals surface area contributed by atoms with Gasteiger partial charge < -0.3 is 42.5 Å². The number of carbonyl (C=O) groups is 4. The molecule has 9 N–H and O–H groups in total. The van der Waals surface area contributed by atoms with E-state index < -0.39 is 30.2 Å².